The van der Waals surface area contributed by atoms with Crippen molar-refractivity contribution in [3.05, 3.63) is 16.4 Å². The van der Waals surface area contributed by atoms with E-state index in [2.05, 4.69) is 5.10 Å². The molecule has 0 amide bonds. The van der Waals surface area contributed by atoms with E-state index in [1.165, 1.54) is 0 Å². The Hall–Kier alpha value is -0.540. The molecule has 0 spiro atoms. The van der Waals surface area contributed by atoms with Crippen LogP contribution in [0.2, 0.25) is 5.15 Å². The molecule has 0 radical (unpaired) electrons. The van der Waals surface area contributed by atoms with Crippen LogP contribution in [0.1, 0.15) is 38.1 Å². The number of aliphatic hydroxyl groups excluding tert-OH is 1. The fourth-order valence-electron chi connectivity index (χ4n) is 1.27. The standard InChI is InChI=1S/C9H15ClN2O/c1-4-8-7(5-13)9(10)12(11-8)6(2)3/h6,13H,4-5H2,1-3H3. The molecule has 1 aromatic heterocycles. The fraction of sp³-hybridized carbons (Fsp3) is 0.667. The Balaban J connectivity index is 3.18. The van der Waals surface area contributed by atoms with E-state index in [4.69, 9.17) is 16.7 Å². The zero-order chi connectivity index (χ0) is 10.0. The van der Waals surface area contributed by atoms with Crippen molar-refractivity contribution >= 4 is 11.6 Å². The second-order valence-corrected chi connectivity index (χ2v) is 3.62. The SMILES string of the molecule is CCc1nn(C(C)C)c(Cl)c1CO. The molecule has 1 rings (SSSR count). The van der Waals surface area contributed by atoms with E-state index in [1.807, 2.05) is 20.8 Å². The summed E-state index contributed by atoms with van der Waals surface area (Å²) in [5, 5.41) is 14.0. The van der Waals surface area contributed by atoms with Crippen LogP contribution in [0.15, 0.2) is 0 Å². The minimum Gasteiger partial charge on any atom is -0.391 e. The number of aliphatic hydroxyl groups is 1. The minimum absolute atomic E-state index is 0.0330. The summed E-state index contributed by atoms with van der Waals surface area (Å²) in [4.78, 5) is 0. The highest BCUT2D eigenvalue weighted by molar-refractivity contribution is 6.30. The number of aromatic nitrogens is 2. The molecule has 74 valence electrons. The molecule has 13 heavy (non-hydrogen) atoms. The van der Waals surface area contributed by atoms with Crippen LogP contribution in [0.4, 0.5) is 0 Å². The molecule has 1 N–H and O–H groups in total. The Kier molecular flexibility index (Phi) is 3.33. The van der Waals surface area contributed by atoms with Gasteiger partial charge in [0.05, 0.1) is 12.3 Å². The van der Waals surface area contributed by atoms with Crippen molar-refractivity contribution in [3.8, 4) is 0 Å². The van der Waals surface area contributed by atoms with E-state index < -0.39 is 0 Å². The van der Waals surface area contributed by atoms with Gasteiger partial charge in [-0.1, -0.05) is 18.5 Å². The summed E-state index contributed by atoms with van der Waals surface area (Å²) in [7, 11) is 0. The summed E-state index contributed by atoms with van der Waals surface area (Å²) < 4.78 is 1.74. The van der Waals surface area contributed by atoms with E-state index in [1.54, 1.807) is 4.68 Å². The van der Waals surface area contributed by atoms with Crippen LogP contribution in [0.3, 0.4) is 0 Å². The van der Waals surface area contributed by atoms with Crippen molar-refractivity contribution in [2.45, 2.75) is 39.8 Å². The maximum absolute atomic E-state index is 9.09. The molecule has 0 aliphatic heterocycles. The van der Waals surface area contributed by atoms with Gasteiger partial charge in [0.15, 0.2) is 0 Å². The summed E-state index contributed by atoms with van der Waals surface area (Å²) in [5.74, 6) is 0. The Labute approximate surface area is 83.3 Å². The van der Waals surface area contributed by atoms with E-state index >= 15 is 0 Å². The Morgan fingerprint density at radius 3 is 2.46 bits per heavy atom. The second kappa shape index (κ2) is 4.11. The Morgan fingerprint density at radius 2 is 2.15 bits per heavy atom. The van der Waals surface area contributed by atoms with Gasteiger partial charge in [-0.3, -0.25) is 4.68 Å². The summed E-state index contributed by atoms with van der Waals surface area (Å²) in [6, 6.07) is 0.234. The normalized spacial score (nSPS) is 11.2. The van der Waals surface area contributed by atoms with Crippen molar-refractivity contribution in [2.24, 2.45) is 0 Å². The van der Waals surface area contributed by atoms with Gasteiger partial charge in [-0.2, -0.15) is 5.10 Å². The lowest BCUT2D eigenvalue weighted by atomic mass is 10.2. The molecule has 0 aliphatic carbocycles. The van der Waals surface area contributed by atoms with E-state index in [-0.39, 0.29) is 12.6 Å². The summed E-state index contributed by atoms with van der Waals surface area (Å²) >= 11 is 6.04. The van der Waals surface area contributed by atoms with Gasteiger partial charge in [0.1, 0.15) is 5.15 Å². The maximum atomic E-state index is 9.09. The zero-order valence-electron chi connectivity index (χ0n) is 8.21. The molecule has 1 aromatic rings. The van der Waals surface area contributed by atoms with Gasteiger partial charge in [-0.05, 0) is 20.3 Å². The van der Waals surface area contributed by atoms with Gasteiger partial charge in [0.2, 0.25) is 0 Å². The fourth-order valence-corrected chi connectivity index (χ4v) is 1.68. The van der Waals surface area contributed by atoms with Crippen molar-refractivity contribution < 1.29 is 5.11 Å². The Bertz CT molecular complexity index is 294. The smallest absolute Gasteiger partial charge is 0.133 e. The van der Waals surface area contributed by atoms with Crippen molar-refractivity contribution in [2.75, 3.05) is 0 Å². The monoisotopic (exact) mass is 202 g/mol. The quantitative estimate of drug-likeness (QED) is 0.816. The molecule has 0 unspecified atom stereocenters. The topological polar surface area (TPSA) is 38.0 Å². The number of halogens is 1. The largest absolute Gasteiger partial charge is 0.391 e. The van der Waals surface area contributed by atoms with Crippen LogP contribution in [0.25, 0.3) is 0 Å². The highest BCUT2D eigenvalue weighted by Gasteiger charge is 2.15. The van der Waals surface area contributed by atoms with Gasteiger partial charge in [0, 0.05) is 11.6 Å². The molecule has 0 aromatic carbocycles. The first-order valence-electron chi connectivity index (χ1n) is 4.48. The lowest BCUT2D eigenvalue weighted by Crippen LogP contribution is -2.03. The maximum Gasteiger partial charge on any atom is 0.133 e. The molecule has 4 heteroatoms. The number of nitrogens with zero attached hydrogens (tertiary/aromatic N) is 2. The van der Waals surface area contributed by atoms with E-state index in [0.717, 1.165) is 17.7 Å². The van der Waals surface area contributed by atoms with Gasteiger partial charge in [-0.25, -0.2) is 0 Å². The molecular weight excluding hydrogens is 188 g/mol. The van der Waals surface area contributed by atoms with Gasteiger partial charge in [-0.15, -0.1) is 0 Å². The van der Waals surface area contributed by atoms with Crippen LogP contribution in [0.5, 0.6) is 0 Å². The zero-order valence-corrected chi connectivity index (χ0v) is 8.97. The summed E-state index contributed by atoms with van der Waals surface area (Å²) in [5.41, 5.74) is 1.65. The molecule has 0 aliphatic rings. The van der Waals surface area contributed by atoms with Crippen LogP contribution in [0, 0.1) is 0 Å². The first-order valence-corrected chi connectivity index (χ1v) is 4.86. The van der Waals surface area contributed by atoms with E-state index in [0.29, 0.717) is 5.15 Å². The van der Waals surface area contributed by atoms with Gasteiger partial charge in [0.25, 0.3) is 0 Å². The molecule has 0 saturated heterocycles. The van der Waals surface area contributed by atoms with Crippen LogP contribution < -0.4 is 0 Å². The molecule has 0 saturated carbocycles. The van der Waals surface area contributed by atoms with Gasteiger partial charge < -0.3 is 5.11 Å². The van der Waals surface area contributed by atoms with E-state index in [9.17, 15) is 0 Å². The Morgan fingerprint density at radius 1 is 1.54 bits per heavy atom. The van der Waals surface area contributed by atoms with Crippen LogP contribution in [-0.2, 0) is 13.0 Å². The van der Waals surface area contributed by atoms with Crippen molar-refractivity contribution in [3.63, 3.8) is 0 Å². The number of hydrogen-bond acceptors (Lipinski definition) is 2. The third-order valence-corrected chi connectivity index (χ3v) is 2.41. The average Bonchev–Trinajstić information content (AvgIpc) is 2.41. The number of hydrogen-bond donors (Lipinski definition) is 1. The molecule has 0 fully saturated rings. The minimum atomic E-state index is -0.0330. The second-order valence-electron chi connectivity index (χ2n) is 3.27. The molecule has 3 nitrogen and oxygen atoms in total. The summed E-state index contributed by atoms with van der Waals surface area (Å²) in [6.07, 6.45) is 0.801. The highest BCUT2D eigenvalue weighted by atomic mass is 35.5. The lowest BCUT2D eigenvalue weighted by molar-refractivity contribution is 0.280. The van der Waals surface area contributed by atoms with Gasteiger partial charge >= 0.3 is 0 Å². The van der Waals surface area contributed by atoms with Crippen molar-refractivity contribution in [1.29, 1.82) is 0 Å². The third kappa shape index (κ3) is 1.86. The predicted molar refractivity (Wildman–Crippen MR) is 52.9 cm³/mol. The number of aryl methyl sites for hydroxylation is 1. The first kappa shape index (κ1) is 10.5. The molecular formula is C9H15ClN2O. The highest BCUT2D eigenvalue weighted by Crippen LogP contribution is 2.23. The van der Waals surface area contributed by atoms with Crippen LogP contribution >= 0.6 is 11.6 Å². The third-order valence-electron chi connectivity index (χ3n) is 2.01. The predicted octanol–water partition coefficient (Wildman–Crippen LogP) is 2.17. The molecule has 0 atom stereocenters. The van der Waals surface area contributed by atoms with Crippen molar-refractivity contribution in [1.82, 2.24) is 9.78 Å². The number of rotatable bonds is 3. The lowest BCUT2D eigenvalue weighted by Gasteiger charge is -2.05. The first-order chi connectivity index (χ1) is 6.11. The van der Waals surface area contributed by atoms with Crippen LogP contribution in [-0.4, -0.2) is 14.9 Å². The molecule has 0 bridgehead atoms. The molecule has 1 heterocycles. The summed E-state index contributed by atoms with van der Waals surface area (Å²) in [6.45, 7) is 6.00. The average molecular weight is 203 g/mol.